The number of benzene rings is 1. The molecule has 0 radical (unpaired) electrons. The Bertz CT molecular complexity index is 675. The van der Waals surface area contributed by atoms with Crippen molar-refractivity contribution >= 4 is 0 Å². The van der Waals surface area contributed by atoms with Gasteiger partial charge in [0.15, 0.2) is 5.82 Å². The first-order chi connectivity index (χ1) is 12.8. The van der Waals surface area contributed by atoms with Crippen LogP contribution in [0.5, 0.6) is 0 Å². The Balaban J connectivity index is 1.48. The minimum absolute atomic E-state index is 0.840. The molecule has 1 aliphatic rings. The highest BCUT2D eigenvalue weighted by atomic mass is 14.9. The molecule has 0 N–H and O–H groups in total. The second kappa shape index (κ2) is 9.85. The predicted octanol–water partition coefficient (Wildman–Crippen LogP) is 6.70. The monoisotopic (exact) mass is 350 g/mol. The van der Waals surface area contributed by atoms with Gasteiger partial charge < -0.3 is 0 Å². The first-order valence-electron chi connectivity index (χ1n) is 10.7. The molecule has 0 fully saturated rings. The largest absolute Gasteiger partial charge is 0.236 e. The van der Waals surface area contributed by atoms with Crippen LogP contribution in [0.1, 0.15) is 81.5 Å². The molecule has 26 heavy (non-hydrogen) atoms. The highest BCUT2D eigenvalue weighted by Gasteiger charge is 2.20. The number of aromatic nitrogens is 2. The van der Waals surface area contributed by atoms with E-state index in [1.54, 1.807) is 0 Å². The summed E-state index contributed by atoms with van der Waals surface area (Å²) in [6.45, 7) is 4.40. The molecular weight excluding hydrogens is 316 g/mol. The van der Waals surface area contributed by atoms with Gasteiger partial charge in [-0.2, -0.15) is 0 Å². The molecule has 0 amide bonds. The van der Waals surface area contributed by atoms with Gasteiger partial charge in [0.2, 0.25) is 0 Å². The fourth-order valence-corrected chi connectivity index (χ4v) is 4.06. The molecule has 1 atom stereocenters. The molecule has 2 heteroatoms. The van der Waals surface area contributed by atoms with Gasteiger partial charge in [0.25, 0.3) is 0 Å². The van der Waals surface area contributed by atoms with Crippen LogP contribution in [0.3, 0.4) is 0 Å². The summed E-state index contributed by atoms with van der Waals surface area (Å²) in [5, 5.41) is 0. The Morgan fingerprint density at radius 3 is 2.46 bits per heavy atom. The number of nitrogens with zero attached hydrogens (tertiary/aromatic N) is 2. The van der Waals surface area contributed by atoms with Crippen molar-refractivity contribution < 1.29 is 0 Å². The molecule has 3 rings (SSSR count). The zero-order valence-corrected chi connectivity index (χ0v) is 16.6. The molecule has 2 nitrogen and oxygen atoms in total. The van der Waals surface area contributed by atoms with Crippen molar-refractivity contribution in [3.8, 4) is 11.4 Å². The van der Waals surface area contributed by atoms with Crippen LogP contribution in [0.2, 0.25) is 0 Å². The summed E-state index contributed by atoms with van der Waals surface area (Å²) in [4.78, 5) is 9.53. The highest BCUT2D eigenvalue weighted by molar-refractivity contribution is 5.55. The second-order valence-corrected chi connectivity index (χ2v) is 8.05. The quantitative estimate of drug-likeness (QED) is 0.470. The van der Waals surface area contributed by atoms with Crippen molar-refractivity contribution in [1.82, 2.24) is 9.97 Å². The van der Waals surface area contributed by atoms with Gasteiger partial charge in [0, 0.05) is 17.5 Å². The molecule has 0 saturated heterocycles. The van der Waals surface area contributed by atoms with Gasteiger partial charge in [-0.1, -0.05) is 88.1 Å². The maximum atomic E-state index is 4.87. The standard InChI is InChI=1S/C24H34N2/c1-3-4-5-6-7-8-9-10-20-13-16-23-22(17-20)18-25-24(26-23)21-14-11-19(2)12-15-21/h11-12,14-15,18,20H,3-10,13,16-17H2,1-2H3. The van der Waals surface area contributed by atoms with E-state index in [9.17, 15) is 0 Å². The molecule has 0 aliphatic heterocycles. The number of hydrogen-bond acceptors (Lipinski definition) is 2. The first kappa shape index (κ1) is 19.1. The van der Waals surface area contributed by atoms with Gasteiger partial charge in [-0.25, -0.2) is 9.97 Å². The van der Waals surface area contributed by atoms with Crippen molar-refractivity contribution in [1.29, 1.82) is 0 Å². The number of rotatable bonds is 9. The van der Waals surface area contributed by atoms with E-state index in [2.05, 4.69) is 49.3 Å². The molecule has 0 bridgehead atoms. The third-order valence-corrected chi connectivity index (χ3v) is 5.78. The Labute approximate surface area is 159 Å². The second-order valence-electron chi connectivity index (χ2n) is 8.05. The highest BCUT2D eigenvalue weighted by Crippen LogP contribution is 2.29. The molecule has 1 unspecified atom stereocenters. The number of hydrogen-bond donors (Lipinski definition) is 0. The SMILES string of the molecule is CCCCCCCCCC1CCc2nc(-c3ccc(C)cc3)ncc2C1. The maximum absolute atomic E-state index is 4.87. The molecule has 1 aromatic heterocycles. The average Bonchev–Trinajstić information content (AvgIpc) is 2.67. The lowest BCUT2D eigenvalue weighted by Gasteiger charge is -2.24. The van der Waals surface area contributed by atoms with Crippen LogP contribution in [0.4, 0.5) is 0 Å². The molecule has 1 aromatic carbocycles. The fraction of sp³-hybridized carbons (Fsp3) is 0.583. The van der Waals surface area contributed by atoms with Crippen molar-refractivity contribution in [3.63, 3.8) is 0 Å². The Morgan fingerprint density at radius 1 is 0.962 bits per heavy atom. The van der Waals surface area contributed by atoms with Gasteiger partial charge in [-0.3, -0.25) is 0 Å². The third kappa shape index (κ3) is 5.40. The van der Waals surface area contributed by atoms with E-state index < -0.39 is 0 Å². The van der Waals surface area contributed by atoms with Crippen LogP contribution >= 0.6 is 0 Å². The predicted molar refractivity (Wildman–Crippen MR) is 110 cm³/mol. The van der Waals surface area contributed by atoms with E-state index in [1.165, 1.54) is 81.0 Å². The molecule has 1 heterocycles. The molecule has 0 saturated carbocycles. The Hall–Kier alpha value is -1.70. The van der Waals surface area contributed by atoms with Crippen LogP contribution in [0.25, 0.3) is 11.4 Å². The van der Waals surface area contributed by atoms with Crippen molar-refractivity contribution in [2.24, 2.45) is 5.92 Å². The summed E-state index contributed by atoms with van der Waals surface area (Å²) in [6.07, 6.45) is 16.9. The summed E-state index contributed by atoms with van der Waals surface area (Å²) >= 11 is 0. The van der Waals surface area contributed by atoms with Crippen LogP contribution < -0.4 is 0 Å². The fourth-order valence-electron chi connectivity index (χ4n) is 4.06. The molecule has 140 valence electrons. The Morgan fingerprint density at radius 2 is 1.69 bits per heavy atom. The number of fused-ring (bicyclic) bond motifs is 1. The smallest absolute Gasteiger partial charge is 0.159 e. The van der Waals surface area contributed by atoms with E-state index >= 15 is 0 Å². The normalized spacial score (nSPS) is 16.5. The summed E-state index contributed by atoms with van der Waals surface area (Å²) in [5.74, 6) is 1.72. The van der Waals surface area contributed by atoms with Crippen LogP contribution in [0.15, 0.2) is 30.5 Å². The third-order valence-electron chi connectivity index (χ3n) is 5.78. The van der Waals surface area contributed by atoms with E-state index in [-0.39, 0.29) is 0 Å². The van der Waals surface area contributed by atoms with Gasteiger partial charge >= 0.3 is 0 Å². The summed E-state index contributed by atoms with van der Waals surface area (Å²) in [7, 11) is 0. The minimum atomic E-state index is 0.840. The van der Waals surface area contributed by atoms with Gasteiger partial charge in [-0.15, -0.1) is 0 Å². The van der Waals surface area contributed by atoms with Gasteiger partial charge in [0.1, 0.15) is 0 Å². The summed E-state index contributed by atoms with van der Waals surface area (Å²) in [5.41, 5.74) is 5.08. The van der Waals surface area contributed by atoms with Crippen molar-refractivity contribution in [2.45, 2.75) is 84.5 Å². The summed E-state index contributed by atoms with van der Waals surface area (Å²) in [6, 6.07) is 8.53. The van der Waals surface area contributed by atoms with Gasteiger partial charge in [-0.05, 0) is 37.7 Å². The van der Waals surface area contributed by atoms with Crippen molar-refractivity contribution in [2.75, 3.05) is 0 Å². The van der Waals surface area contributed by atoms with E-state index in [4.69, 9.17) is 4.98 Å². The molecule has 0 spiro atoms. The number of unbranched alkanes of at least 4 members (excludes halogenated alkanes) is 6. The molecule has 2 aromatic rings. The van der Waals surface area contributed by atoms with Gasteiger partial charge in [0.05, 0.1) is 0 Å². The summed E-state index contributed by atoms with van der Waals surface area (Å²) < 4.78 is 0. The lowest BCUT2D eigenvalue weighted by atomic mass is 9.84. The van der Waals surface area contributed by atoms with Crippen LogP contribution in [-0.4, -0.2) is 9.97 Å². The lowest BCUT2D eigenvalue weighted by Crippen LogP contribution is -2.16. The van der Waals surface area contributed by atoms with E-state index in [0.717, 1.165) is 23.7 Å². The number of aryl methyl sites for hydroxylation is 2. The molecule has 1 aliphatic carbocycles. The zero-order valence-electron chi connectivity index (χ0n) is 16.6. The van der Waals surface area contributed by atoms with E-state index in [1.807, 2.05) is 0 Å². The zero-order chi connectivity index (χ0) is 18.2. The van der Waals surface area contributed by atoms with Crippen LogP contribution in [0, 0.1) is 12.8 Å². The van der Waals surface area contributed by atoms with Crippen molar-refractivity contribution in [3.05, 3.63) is 47.3 Å². The van der Waals surface area contributed by atoms with E-state index in [0.29, 0.717) is 0 Å². The minimum Gasteiger partial charge on any atom is -0.236 e. The Kier molecular flexibility index (Phi) is 7.22. The maximum Gasteiger partial charge on any atom is 0.159 e. The topological polar surface area (TPSA) is 25.8 Å². The first-order valence-corrected chi connectivity index (χ1v) is 10.7. The van der Waals surface area contributed by atoms with Crippen LogP contribution in [-0.2, 0) is 12.8 Å². The average molecular weight is 351 g/mol. The lowest BCUT2D eigenvalue weighted by molar-refractivity contribution is 0.399. The molecular formula is C24H34N2.